The van der Waals surface area contributed by atoms with Crippen LogP contribution in [0.25, 0.3) is 0 Å². The smallest absolute Gasteiger partial charge is 0.172 e. The summed E-state index contributed by atoms with van der Waals surface area (Å²) in [5.41, 5.74) is 2.66. The zero-order valence-electron chi connectivity index (χ0n) is 13.6. The summed E-state index contributed by atoms with van der Waals surface area (Å²) in [4.78, 5) is 11.3. The van der Waals surface area contributed by atoms with Gasteiger partial charge < -0.3 is 4.74 Å². The second kappa shape index (κ2) is 7.40. The van der Waals surface area contributed by atoms with Gasteiger partial charge in [-0.1, -0.05) is 36.6 Å². The molecule has 1 saturated carbocycles. The number of benzene rings is 1. The molecule has 0 bridgehead atoms. The molecule has 3 rings (SSSR count). The van der Waals surface area contributed by atoms with E-state index in [9.17, 15) is 4.79 Å². The summed E-state index contributed by atoms with van der Waals surface area (Å²) >= 11 is 0. The Balaban J connectivity index is 1.67. The number of aryl methyl sites for hydroxylation is 1. The molecule has 0 N–H and O–H groups in total. The van der Waals surface area contributed by atoms with Crippen LogP contribution in [0.3, 0.4) is 0 Å². The van der Waals surface area contributed by atoms with Crippen molar-refractivity contribution >= 4 is 6.29 Å². The standard InChI is InChI=1S/C18H23N3O2/c1-14-6-5-9-16(12-14)23-11-10-21-18(17(13-22)19-20-21)15-7-3-2-4-8-15/h5-6,9,12-13,15H,2-4,7-8,10-11H2,1H3. The average molecular weight is 313 g/mol. The van der Waals surface area contributed by atoms with Crippen molar-refractivity contribution in [3.8, 4) is 5.75 Å². The van der Waals surface area contributed by atoms with Crippen LogP contribution in [0.15, 0.2) is 24.3 Å². The normalized spacial score (nSPS) is 15.5. The van der Waals surface area contributed by atoms with E-state index >= 15 is 0 Å². The first-order chi connectivity index (χ1) is 11.3. The van der Waals surface area contributed by atoms with E-state index in [1.54, 1.807) is 0 Å². The Bertz CT molecular complexity index is 660. The number of rotatable bonds is 6. The van der Waals surface area contributed by atoms with Crippen molar-refractivity contribution in [1.29, 1.82) is 0 Å². The number of carbonyl (C=O) groups excluding carboxylic acids is 1. The highest BCUT2D eigenvalue weighted by Gasteiger charge is 2.24. The molecule has 23 heavy (non-hydrogen) atoms. The van der Waals surface area contributed by atoms with Crippen molar-refractivity contribution in [3.63, 3.8) is 0 Å². The number of nitrogens with zero attached hydrogens (tertiary/aromatic N) is 3. The van der Waals surface area contributed by atoms with E-state index in [2.05, 4.69) is 10.3 Å². The van der Waals surface area contributed by atoms with Crippen molar-refractivity contribution < 1.29 is 9.53 Å². The summed E-state index contributed by atoms with van der Waals surface area (Å²) in [5, 5.41) is 8.21. The lowest BCUT2D eigenvalue weighted by molar-refractivity contribution is 0.111. The van der Waals surface area contributed by atoms with E-state index in [4.69, 9.17) is 4.74 Å². The van der Waals surface area contributed by atoms with Crippen LogP contribution in [-0.2, 0) is 6.54 Å². The fraction of sp³-hybridized carbons (Fsp3) is 0.500. The topological polar surface area (TPSA) is 57.0 Å². The fourth-order valence-corrected chi connectivity index (χ4v) is 3.33. The van der Waals surface area contributed by atoms with Crippen LogP contribution in [0.4, 0.5) is 0 Å². The molecule has 122 valence electrons. The van der Waals surface area contributed by atoms with Gasteiger partial charge in [-0.25, -0.2) is 4.68 Å². The van der Waals surface area contributed by atoms with Gasteiger partial charge in [0.05, 0.1) is 12.2 Å². The van der Waals surface area contributed by atoms with Gasteiger partial charge in [0.15, 0.2) is 6.29 Å². The van der Waals surface area contributed by atoms with Gasteiger partial charge in [-0.3, -0.25) is 4.79 Å². The molecule has 0 atom stereocenters. The number of aromatic nitrogens is 3. The summed E-state index contributed by atoms with van der Waals surface area (Å²) in [6, 6.07) is 7.99. The van der Waals surface area contributed by atoms with Gasteiger partial charge in [-0.15, -0.1) is 5.10 Å². The Hall–Kier alpha value is -2.17. The van der Waals surface area contributed by atoms with Crippen molar-refractivity contribution in [2.75, 3.05) is 6.61 Å². The number of aldehydes is 1. The molecule has 2 aromatic rings. The molecule has 1 aromatic carbocycles. The lowest BCUT2D eigenvalue weighted by Gasteiger charge is -2.22. The summed E-state index contributed by atoms with van der Waals surface area (Å²) < 4.78 is 7.66. The predicted molar refractivity (Wildman–Crippen MR) is 87.9 cm³/mol. The minimum Gasteiger partial charge on any atom is -0.492 e. The molecule has 5 heteroatoms. The molecule has 0 spiro atoms. The minimum atomic E-state index is 0.401. The zero-order valence-corrected chi connectivity index (χ0v) is 13.6. The summed E-state index contributed by atoms with van der Waals surface area (Å²) in [6.07, 6.45) is 6.78. The Morgan fingerprint density at radius 1 is 1.30 bits per heavy atom. The van der Waals surface area contributed by atoms with Gasteiger partial charge in [-0.05, 0) is 37.5 Å². The van der Waals surface area contributed by atoms with Gasteiger partial charge >= 0.3 is 0 Å². The Morgan fingerprint density at radius 3 is 2.87 bits per heavy atom. The highest BCUT2D eigenvalue weighted by molar-refractivity contribution is 5.73. The van der Waals surface area contributed by atoms with Crippen molar-refractivity contribution in [1.82, 2.24) is 15.0 Å². The van der Waals surface area contributed by atoms with Crippen LogP contribution < -0.4 is 4.74 Å². The van der Waals surface area contributed by atoms with Crippen LogP contribution in [0.2, 0.25) is 0 Å². The van der Waals surface area contributed by atoms with Crippen molar-refractivity contribution in [3.05, 3.63) is 41.2 Å². The van der Waals surface area contributed by atoms with Crippen LogP contribution in [0.5, 0.6) is 5.75 Å². The molecule has 1 heterocycles. The zero-order chi connectivity index (χ0) is 16.1. The first kappa shape index (κ1) is 15.7. The Morgan fingerprint density at radius 2 is 2.13 bits per heavy atom. The van der Waals surface area contributed by atoms with E-state index in [1.165, 1.54) is 24.8 Å². The van der Waals surface area contributed by atoms with Gasteiger partial charge in [0.25, 0.3) is 0 Å². The van der Waals surface area contributed by atoms with Crippen LogP contribution in [0, 0.1) is 6.92 Å². The highest BCUT2D eigenvalue weighted by Crippen LogP contribution is 2.33. The van der Waals surface area contributed by atoms with Gasteiger partial charge in [-0.2, -0.15) is 0 Å². The van der Waals surface area contributed by atoms with Crippen LogP contribution >= 0.6 is 0 Å². The third kappa shape index (κ3) is 3.78. The molecule has 0 amide bonds. The second-order valence-corrected chi connectivity index (χ2v) is 6.20. The van der Waals surface area contributed by atoms with E-state index in [0.717, 1.165) is 30.6 Å². The molecule has 1 fully saturated rings. The molecule has 1 aliphatic rings. The lowest BCUT2D eigenvalue weighted by Crippen LogP contribution is -2.17. The van der Waals surface area contributed by atoms with E-state index in [0.29, 0.717) is 24.8 Å². The highest BCUT2D eigenvalue weighted by atomic mass is 16.5. The van der Waals surface area contributed by atoms with E-state index in [1.807, 2.05) is 35.9 Å². The van der Waals surface area contributed by atoms with Crippen LogP contribution in [-0.4, -0.2) is 27.9 Å². The molecular weight excluding hydrogens is 290 g/mol. The monoisotopic (exact) mass is 313 g/mol. The third-order valence-electron chi connectivity index (χ3n) is 4.47. The molecule has 5 nitrogen and oxygen atoms in total. The van der Waals surface area contributed by atoms with E-state index < -0.39 is 0 Å². The molecule has 0 radical (unpaired) electrons. The summed E-state index contributed by atoms with van der Waals surface area (Å²) in [6.45, 7) is 3.17. The van der Waals surface area contributed by atoms with E-state index in [-0.39, 0.29) is 0 Å². The van der Waals surface area contributed by atoms with Gasteiger partial charge in [0, 0.05) is 5.92 Å². The maximum Gasteiger partial charge on any atom is 0.172 e. The Labute approximate surface area is 136 Å². The Kier molecular flexibility index (Phi) is 5.05. The first-order valence-electron chi connectivity index (χ1n) is 8.36. The van der Waals surface area contributed by atoms with Crippen LogP contribution in [0.1, 0.15) is 59.8 Å². The fourth-order valence-electron chi connectivity index (χ4n) is 3.33. The first-order valence-corrected chi connectivity index (χ1v) is 8.36. The molecular formula is C18H23N3O2. The van der Waals surface area contributed by atoms with Crippen molar-refractivity contribution in [2.45, 2.75) is 51.5 Å². The number of hydrogen-bond donors (Lipinski definition) is 0. The quantitative estimate of drug-likeness (QED) is 0.766. The molecule has 1 aromatic heterocycles. The third-order valence-corrected chi connectivity index (χ3v) is 4.47. The second-order valence-electron chi connectivity index (χ2n) is 6.20. The molecule has 0 saturated heterocycles. The molecule has 0 aliphatic heterocycles. The predicted octanol–water partition coefficient (Wildman–Crippen LogP) is 3.53. The van der Waals surface area contributed by atoms with Crippen molar-refractivity contribution in [2.24, 2.45) is 0 Å². The average Bonchev–Trinajstić information content (AvgIpc) is 2.99. The molecule has 0 unspecified atom stereocenters. The number of hydrogen-bond acceptors (Lipinski definition) is 4. The minimum absolute atomic E-state index is 0.401. The largest absolute Gasteiger partial charge is 0.492 e. The summed E-state index contributed by atoms with van der Waals surface area (Å²) in [7, 11) is 0. The SMILES string of the molecule is Cc1cccc(OCCn2nnc(C=O)c2C2CCCCC2)c1. The maximum absolute atomic E-state index is 11.3. The molecule has 1 aliphatic carbocycles. The number of carbonyl (C=O) groups is 1. The van der Waals surface area contributed by atoms with Gasteiger partial charge in [0.1, 0.15) is 18.1 Å². The maximum atomic E-state index is 11.3. The number of ether oxygens (including phenoxy) is 1. The van der Waals surface area contributed by atoms with Gasteiger partial charge in [0.2, 0.25) is 0 Å². The lowest BCUT2D eigenvalue weighted by atomic mass is 9.86. The summed E-state index contributed by atoms with van der Waals surface area (Å²) in [5.74, 6) is 1.26.